The van der Waals surface area contributed by atoms with Gasteiger partial charge in [0.2, 0.25) is 5.91 Å². The Balaban J connectivity index is 1.44. The largest absolute Gasteiger partial charge is 0.391 e. The van der Waals surface area contributed by atoms with Crippen LogP contribution in [0.2, 0.25) is 0 Å². The van der Waals surface area contributed by atoms with Crippen LogP contribution in [-0.4, -0.2) is 48.4 Å². The first kappa shape index (κ1) is 18.9. The molecule has 0 spiro atoms. The molecule has 2 aromatic rings. The van der Waals surface area contributed by atoms with Crippen LogP contribution in [0.4, 0.5) is 5.69 Å². The van der Waals surface area contributed by atoms with Crippen LogP contribution in [0.3, 0.4) is 0 Å². The zero-order valence-corrected chi connectivity index (χ0v) is 15.7. The lowest BCUT2D eigenvalue weighted by molar-refractivity contribution is -0.113. The topological polar surface area (TPSA) is 90.5 Å². The monoisotopic (exact) mass is 391 g/mol. The maximum atomic E-state index is 12.2. The van der Waals surface area contributed by atoms with Gasteiger partial charge >= 0.3 is 0 Å². The number of anilines is 1. The van der Waals surface area contributed by atoms with Crippen molar-refractivity contribution >= 4 is 40.6 Å². The SMILES string of the molecule is O=C(CSc1cccs1)Nc1ccc(C(=O)NCC2CNCC2O)cc1. The molecule has 2 heterocycles. The molecule has 0 aliphatic carbocycles. The fourth-order valence-corrected chi connectivity index (χ4v) is 4.22. The van der Waals surface area contributed by atoms with Crippen molar-refractivity contribution in [2.45, 2.75) is 10.3 Å². The van der Waals surface area contributed by atoms with E-state index in [-0.39, 0.29) is 17.7 Å². The Labute approximate surface area is 160 Å². The number of hydrogen-bond donors (Lipinski definition) is 4. The third-order valence-corrected chi connectivity index (χ3v) is 6.23. The van der Waals surface area contributed by atoms with E-state index in [1.165, 1.54) is 11.8 Å². The van der Waals surface area contributed by atoms with Gasteiger partial charge in [0, 0.05) is 36.8 Å². The first-order valence-electron chi connectivity index (χ1n) is 8.35. The summed E-state index contributed by atoms with van der Waals surface area (Å²) < 4.78 is 1.11. The molecule has 0 radical (unpaired) electrons. The summed E-state index contributed by atoms with van der Waals surface area (Å²) in [6, 6.07) is 10.7. The van der Waals surface area contributed by atoms with E-state index in [4.69, 9.17) is 0 Å². The average Bonchev–Trinajstić information content (AvgIpc) is 3.30. The number of aliphatic hydroxyl groups excluding tert-OH is 1. The second kappa shape index (κ2) is 9.18. The fourth-order valence-electron chi connectivity index (χ4n) is 2.64. The lowest BCUT2D eigenvalue weighted by atomic mass is 10.1. The van der Waals surface area contributed by atoms with Gasteiger partial charge in [-0.25, -0.2) is 0 Å². The highest BCUT2D eigenvalue weighted by Crippen LogP contribution is 2.23. The second-order valence-electron chi connectivity index (χ2n) is 6.04. The molecular formula is C18H21N3O3S2. The van der Waals surface area contributed by atoms with Crippen LogP contribution < -0.4 is 16.0 Å². The average molecular weight is 392 g/mol. The first-order valence-corrected chi connectivity index (χ1v) is 10.2. The van der Waals surface area contributed by atoms with Gasteiger partial charge in [-0.05, 0) is 35.7 Å². The summed E-state index contributed by atoms with van der Waals surface area (Å²) in [6.45, 7) is 1.71. The lowest BCUT2D eigenvalue weighted by Gasteiger charge is -2.14. The van der Waals surface area contributed by atoms with Crippen LogP contribution in [0.5, 0.6) is 0 Å². The maximum absolute atomic E-state index is 12.2. The van der Waals surface area contributed by atoms with Gasteiger partial charge in [-0.1, -0.05) is 6.07 Å². The molecule has 8 heteroatoms. The van der Waals surface area contributed by atoms with Gasteiger partial charge in [-0.2, -0.15) is 0 Å². The molecule has 6 nitrogen and oxygen atoms in total. The first-order chi connectivity index (χ1) is 12.6. The predicted octanol–water partition coefficient (Wildman–Crippen LogP) is 1.79. The molecule has 1 saturated heterocycles. The van der Waals surface area contributed by atoms with Gasteiger partial charge in [-0.3, -0.25) is 9.59 Å². The van der Waals surface area contributed by atoms with Gasteiger partial charge < -0.3 is 21.1 Å². The number of nitrogens with one attached hydrogen (secondary N) is 3. The molecule has 26 heavy (non-hydrogen) atoms. The molecule has 1 aliphatic heterocycles. The maximum Gasteiger partial charge on any atom is 0.251 e. The number of carbonyl (C=O) groups is 2. The fraction of sp³-hybridized carbons (Fsp3) is 0.333. The van der Waals surface area contributed by atoms with Crippen LogP contribution in [0.1, 0.15) is 10.4 Å². The number of rotatable bonds is 7. The Morgan fingerprint density at radius 1 is 1.23 bits per heavy atom. The van der Waals surface area contributed by atoms with Gasteiger partial charge in [0.15, 0.2) is 0 Å². The number of hydrogen-bond acceptors (Lipinski definition) is 6. The summed E-state index contributed by atoms with van der Waals surface area (Å²) in [5.41, 5.74) is 1.19. The number of benzene rings is 1. The van der Waals surface area contributed by atoms with Crippen molar-refractivity contribution in [3.8, 4) is 0 Å². The van der Waals surface area contributed by atoms with E-state index in [0.29, 0.717) is 36.6 Å². The van der Waals surface area contributed by atoms with E-state index in [9.17, 15) is 14.7 Å². The van der Waals surface area contributed by atoms with Crippen LogP contribution in [0.25, 0.3) is 0 Å². The Kier molecular flexibility index (Phi) is 6.67. The molecule has 1 aromatic carbocycles. The summed E-state index contributed by atoms with van der Waals surface area (Å²) in [5.74, 6) is 0.123. The predicted molar refractivity (Wildman–Crippen MR) is 105 cm³/mol. The molecule has 1 aliphatic rings. The van der Waals surface area contributed by atoms with E-state index < -0.39 is 6.10 Å². The van der Waals surface area contributed by atoms with E-state index in [1.54, 1.807) is 35.6 Å². The third-order valence-electron chi connectivity index (χ3n) is 4.10. The Morgan fingerprint density at radius 3 is 2.69 bits per heavy atom. The minimum Gasteiger partial charge on any atom is -0.391 e. The van der Waals surface area contributed by atoms with Crippen molar-refractivity contribution < 1.29 is 14.7 Å². The van der Waals surface area contributed by atoms with Crippen LogP contribution in [0.15, 0.2) is 46.0 Å². The number of β-amino-alcohol motifs (C(OH)–C–C–N with tert-alkyl or cyclic N) is 1. The van der Waals surface area contributed by atoms with Gasteiger partial charge in [-0.15, -0.1) is 23.1 Å². The van der Waals surface area contributed by atoms with E-state index in [2.05, 4.69) is 16.0 Å². The molecule has 0 bridgehead atoms. The standard InChI is InChI=1S/C18H21N3O3S2/c22-15-10-19-8-13(15)9-20-18(24)12-3-5-14(6-4-12)21-16(23)11-26-17-2-1-7-25-17/h1-7,13,15,19,22H,8-11H2,(H,20,24)(H,21,23). The number of carbonyl (C=O) groups excluding carboxylic acids is 2. The summed E-state index contributed by atoms with van der Waals surface area (Å²) in [4.78, 5) is 24.1. The molecule has 2 amide bonds. The quantitative estimate of drug-likeness (QED) is 0.540. The molecule has 1 fully saturated rings. The summed E-state index contributed by atoms with van der Waals surface area (Å²) in [5, 5.41) is 20.5. The molecule has 4 N–H and O–H groups in total. The molecule has 2 unspecified atom stereocenters. The Hall–Kier alpha value is -1.87. The summed E-state index contributed by atoms with van der Waals surface area (Å²) in [7, 11) is 0. The van der Waals surface area contributed by atoms with Crippen LogP contribution >= 0.6 is 23.1 Å². The molecular weight excluding hydrogens is 370 g/mol. The molecule has 3 rings (SSSR count). The second-order valence-corrected chi connectivity index (χ2v) is 8.27. The Morgan fingerprint density at radius 2 is 2.04 bits per heavy atom. The van der Waals surface area contributed by atoms with Crippen molar-refractivity contribution in [1.82, 2.24) is 10.6 Å². The lowest BCUT2D eigenvalue weighted by Crippen LogP contribution is -2.34. The molecule has 138 valence electrons. The molecule has 2 atom stereocenters. The van der Waals surface area contributed by atoms with Crippen molar-refractivity contribution in [1.29, 1.82) is 0 Å². The van der Waals surface area contributed by atoms with Gasteiger partial charge in [0.1, 0.15) is 0 Å². The number of thiophene rings is 1. The highest BCUT2D eigenvalue weighted by molar-refractivity contribution is 8.01. The van der Waals surface area contributed by atoms with E-state index >= 15 is 0 Å². The van der Waals surface area contributed by atoms with Crippen molar-refractivity contribution in [3.63, 3.8) is 0 Å². The Bertz CT molecular complexity index is 735. The third kappa shape index (κ3) is 5.31. The highest BCUT2D eigenvalue weighted by atomic mass is 32.2. The number of thioether (sulfide) groups is 1. The zero-order valence-electron chi connectivity index (χ0n) is 14.1. The minimum absolute atomic E-state index is 0.0401. The summed E-state index contributed by atoms with van der Waals surface area (Å²) >= 11 is 3.11. The van der Waals surface area contributed by atoms with Crippen LogP contribution in [0, 0.1) is 5.92 Å². The van der Waals surface area contributed by atoms with Crippen molar-refractivity contribution in [3.05, 3.63) is 47.3 Å². The molecule has 0 saturated carbocycles. The summed E-state index contributed by atoms with van der Waals surface area (Å²) in [6.07, 6.45) is -0.417. The van der Waals surface area contributed by atoms with E-state index in [0.717, 1.165) is 4.21 Å². The van der Waals surface area contributed by atoms with E-state index in [1.807, 2.05) is 17.5 Å². The van der Waals surface area contributed by atoms with Gasteiger partial charge in [0.05, 0.1) is 16.1 Å². The zero-order chi connectivity index (χ0) is 18.4. The normalized spacial score (nSPS) is 19.3. The van der Waals surface area contributed by atoms with Crippen molar-refractivity contribution in [2.75, 3.05) is 30.7 Å². The molecule has 1 aromatic heterocycles. The van der Waals surface area contributed by atoms with Crippen LogP contribution in [-0.2, 0) is 4.79 Å². The highest BCUT2D eigenvalue weighted by Gasteiger charge is 2.25. The van der Waals surface area contributed by atoms with Gasteiger partial charge in [0.25, 0.3) is 5.91 Å². The number of aliphatic hydroxyl groups is 1. The minimum atomic E-state index is -0.417. The smallest absolute Gasteiger partial charge is 0.251 e. The van der Waals surface area contributed by atoms with Crippen molar-refractivity contribution in [2.24, 2.45) is 5.92 Å². The number of amides is 2.